The van der Waals surface area contributed by atoms with Gasteiger partial charge in [0.1, 0.15) is 5.82 Å². The van der Waals surface area contributed by atoms with Gasteiger partial charge in [-0.15, -0.1) is 0 Å². The largest absolute Gasteiger partial charge is 0.332 e. The molecule has 0 saturated carbocycles. The second-order valence-corrected chi connectivity index (χ2v) is 3.51. The van der Waals surface area contributed by atoms with Gasteiger partial charge in [0.05, 0.1) is 0 Å². The van der Waals surface area contributed by atoms with E-state index >= 15 is 0 Å². The zero-order valence-corrected chi connectivity index (χ0v) is 7.17. The van der Waals surface area contributed by atoms with Crippen molar-refractivity contribution >= 4 is 0 Å². The summed E-state index contributed by atoms with van der Waals surface area (Å²) in [6.45, 7) is 5.63. The van der Waals surface area contributed by atoms with E-state index in [9.17, 15) is 0 Å². The van der Waals surface area contributed by atoms with Crippen LogP contribution in [0.2, 0.25) is 0 Å². The van der Waals surface area contributed by atoms with Gasteiger partial charge >= 0.3 is 0 Å². The highest BCUT2D eigenvalue weighted by Crippen LogP contribution is 2.21. The Labute approximate surface area is 67.3 Å². The number of rotatable bonds is 1. The summed E-state index contributed by atoms with van der Waals surface area (Å²) < 4.78 is 2.37. The Kier molecular flexibility index (Phi) is 1.48. The highest BCUT2D eigenvalue weighted by molar-refractivity contribution is 5.11. The van der Waals surface area contributed by atoms with Crippen LogP contribution < -0.4 is 0 Å². The fourth-order valence-corrected chi connectivity index (χ4v) is 1.74. The maximum Gasteiger partial charge on any atom is 0.108 e. The SMILES string of the molecule is CC(C)c1cnc2n1CCC2. The molecule has 0 aromatic carbocycles. The molecular formula is C9H14N2. The van der Waals surface area contributed by atoms with Gasteiger partial charge in [-0.1, -0.05) is 13.8 Å². The minimum atomic E-state index is 0.620. The molecular weight excluding hydrogens is 136 g/mol. The molecule has 0 saturated heterocycles. The van der Waals surface area contributed by atoms with Gasteiger partial charge in [0.2, 0.25) is 0 Å². The molecule has 0 atom stereocenters. The van der Waals surface area contributed by atoms with Crippen LogP contribution in [0.4, 0.5) is 0 Å². The fraction of sp³-hybridized carbons (Fsp3) is 0.667. The summed E-state index contributed by atoms with van der Waals surface area (Å²) in [6, 6.07) is 0. The number of imidazole rings is 1. The van der Waals surface area contributed by atoms with E-state index in [1.54, 1.807) is 0 Å². The predicted molar refractivity (Wildman–Crippen MR) is 44.6 cm³/mol. The first-order chi connectivity index (χ1) is 5.29. The van der Waals surface area contributed by atoms with E-state index in [1.807, 2.05) is 6.20 Å². The zero-order chi connectivity index (χ0) is 7.84. The van der Waals surface area contributed by atoms with E-state index in [1.165, 1.54) is 30.9 Å². The topological polar surface area (TPSA) is 17.8 Å². The maximum absolute atomic E-state index is 4.38. The second kappa shape index (κ2) is 2.36. The van der Waals surface area contributed by atoms with Crippen molar-refractivity contribution in [2.45, 2.75) is 39.2 Å². The van der Waals surface area contributed by atoms with Gasteiger partial charge in [-0.2, -0.15) is 0 Å². The molecule has 2 rings (SSSR count). The molecule has 2 nitrogen and oxygen atoms in total. The Morgan fingerprint density at radius 3 is 3.09 bits per heavy atom. The molecule has 1 aliphatic rings. The number of fused-ring (bicyclic) bond motifs is 1. The second-order valence-electron chi connectivity index (χ2n) is 3.51. The minimum absolute atomic E-state index is 0.620. The average molecular weight is 150 g/mol. The Bertz CT molecular complexity index is 261. The average Bonchev–Trinajstić information content (AvgIpc) is 2.41. The van der Waals surface area contributed by atoms with Crippen molar-refractivity contribution in [3.8, 4) is 0 Å². The third-order valence-corrected chi connectivity index (χ3v) is 2.34. The van der Waals surface area contributed by atoms with Crippen molar-refractivity contribution in [2.24, 2.45) is 0 Å². The van der Waals surface area contributed by atoms with Crippen LogP contribution in [0.25, 0.3) is 0 Å². The summed E-state index contributed by atoms with van der Waals surface area (Å²) >= 11 is 0. The number of aryl methyl sites for hydroxylation is 1. The molecule has 60 valence electrons. The molecule has 1 aliphatic heterocycles. The molecule has 0 N–H and O–H groups in total. The van der Waals surface area contributed by atoms with Crippen molar-refractivity contribution in [1.29, 1.82) is 0 Å². The van der Waals surface area contributed by atoms with Crippen LogP contribution in [0.3, 0.4) is 0 Å². The highest BCUT2D eigenvalue weighted by Gasteiger charge is 2.16. The molecule has 1 aromatic heterocycles. The summed E-state index contributed by atoms with van der Waals surface area (Å²) in [5.41, 5.74) is 1.40. The van der Waals surface area contributed by atoms with Gasteiger partial charge in [0.15, 0.2) is 0 Å². The lowest BCUT2D eigenvalue weighted by Crippen LogP contribution is -2.00. The molecule has 0 amide bonds. The van der Waals surface area contributed by atoms with E-state index in [-0.39, 0.29) is 0 Å². The lowest BCUT2D eigenvalue weighted by Gasteiger charge is -2.06. The summed E-state index contributed by atoms with van der Waals surface area (Å²) in [5.74, 6) is 1.91. The first-order valence-electron chi connectivity index (χ1n) is 4.33. The van der Waals surface area contributed by atoms with Gasteiger partial charge < -0.3 is 4.57 Å². The van der Waals surface area contributed by atoms with Crippen LogP contribution in [0, 0.1) is 0 Å². The third kappa shape index (κ3) is 0.971. The third-order valence-electron chi connectivity index (χ3n) is 2.34. The van der Waals surface area contributed by atoms with E-state index in [2.05, 4.69) is 23.4 Å². The normalized spacial score (nSPS) is 15.9. The molecule has 0 fully saturated rings. The lowest BCUT2D eigenvalue weighted by atomic mass is 10.1. The van der Waals surface area contributed by atoms with Crippen LogP contribution >= 0.6 is 0 Å². The highest BCUT2D eigenvalue weighted by atomic mass is 15.1. The standard InChI is InChI=1S/C9H14N2/c1-7(2)8-6-10-9-4-3-5-11(8)9/h6-7H,3-5H2,1-2H3. The van der Waals surface area contributed by atoms with Crippen LogP contribution in [0.15, 0.2) is 6.20 Å². The molecule has 0 unspecified atom stereocenters. The van der Waals surface area contributed by atoms with Gasteiger partial charge in [-0.05, 0) is 12.3 Å². The zero-order valence-electron chi connectivity index (χ0n) is 7.17. The van der Waals surface area contributed by atoms with E-state index in [4.69, 9.17) is 0 Å². The smallest absolute Gasteiger partial charge is 0.108 e. The molecule has 0 spiro atoms. The quantitative estimate of drug-likeness (QED) is 0.598. The molecule has 2 heterocycles. The van der Waals surface area contributed by atoms with Crippen molar-refractivity contribution in [1.82, 2.24) is 9.55 Å². The van der Waals surface area contributed by atoms with Crippen LogP contribution in [-0.4, -0.2) is 9.55 Å². The number of hydrogen-bond acceptors (Lipinski definition) is 1. The molecule has 0 bridgehead atoms. The summed E-state index contributed by atoms with van der Waals surface area (Å²) in [4.78, 5) is 4.38. The molecule has 0 radical (unpaired) electrons. The van der Waals surface area contributed by atoms with Crippen molar-refractivity contribution < 1.29 is 0 Å². The first kappa shape index (κ1) is 6.89. The molecule has 0 aliphatic carbocycles. The number of aromatic nitrogens is 2. The van der Waals surface area contributed by atoms with Gasteiger partial charge in [0, 0.05) is 24.9 Å². The fourth-order valence-electron chi connectivity index (χ4n) is 1.74. The summed E-state index contributed by atoms with van der Waals surface area (Å²) in [7, 11) is 0. The van der Waals surface area contributed by atoms with Crippen molar-refractivity contribution in [3.63, 3.8) is 0 Å². The molecule has 11 heavy (non-hydrogen) atoms. The van der Waals surface area contributed by atoms with Gasteiger partial charge in [-0.3, -0.25) is 0 Å². The number of hydrogen-bond donors (Lipinski definition) is 0. The Morgan fingerprint density at radius 2 is 2.36 bits per heavy atom. The van der Waals surface area contributed by atoms with E-state index in [0.29, 0.717) is 5.92 Å². The Balaban J connectivity index is 2.42. The lowest BCUT2D eigenvalue weighted by molar-refractivity contribution is 0.670. The molecule has 2 heteroatoms. The summed E-state index contributed by atoms with van der Waals surface area (Å²) in [5, 5.41) is 0. The van der Waals surface area contributed by atoms with Crippen molar-refractivity contribution in [3.05, 3.63) is 17.7 Å². The number of nitrogens with zero attached hydrogens (tertiary/aromatic N) is 2. The predicted octanol–water partition coefficient (Wildman–Crippen LogP) is 1.95. The Morgan fingerprint density at radius 1 is 1.55 bits per heavy atom. The first-order valence-corrected chi connectivity index (χ1v) is 4.33. The van der Waals surface area contributed by atoms with Crippen LogP contribution in [0.5, 0.6) is 0 Å². The van der Waals surface area contributed by atoms with Crippen molar-refractivity contribution in [2.75, 3.05) is 0 Å². The van der Waals surface area contributed by atoms with Gasteiger partial charge in [0.25, 0.3) is 0 Å². The van der Waals surface area contributed by atoms with Gasteiger partial charge in [-0.25, -0.2) is 4.98 Å². The maximum atomic E-state index is 4.38. The van der Waals surface area contributed by atoms with E-state index in [0.717, 1.165) is 0 Å². The minimum Gasteiger partial charge on any atom is -0.332 e. The van der Waals surface area contributed by atoms with E-state index < -0.39 is 0 Å². The van der Waals surface area contributed by atoms with Crippen LogP contribution in [0.1, 0.15) is 37.7 Å². The monoisotopic (exact) mass is 150 g/mol. The van der Waals surface area contributed by atoms with Crippen LogP contribution in [-0.2, 0) is 13.0 Å². The Hall–Kier alpha value is -0.790. The molecule has 1 aromatic rings. The summed E-state index contributed by atoms with van der Waals surface area (Å²) in [6.07, 6.45) is 4.48.